The van der Waals surface area contributed by atoms with Gasteiger partial charge in [0.25, 0.3) is 5.91 Å². The van der Waals surface area contributed by atoms with Gasteiger partial charge in [-0.3, -0.25) is 9.78 Å². The maximum atomic E-state index is 13.2. The van der Waals surface area contributed by atoms with Gasteiger partial charge < -0.3 is 19.9 Å². The lowest BCUT2D eigenvalue weighted by molar-refractivity contribution is -0.134. The number of amides is 1. The summed E-state index contributed by atoms with van der Waals surface area (Å²) >= 11 is 0. The smallest absolute Gasteiger partial charge is 0.389 e. The molecule has 2 aliphatic rings. The number of pyridine rings is 1. The van der Waals surface area contributed by atoms with Crippen LogP contribution in [0.1, 0.15) is 90.6 Å². The number of aromatic nitrogens is 4. The summed E-state index contributed by atoms with van der Waals surface area (Å²) < 4.78 is 39.8. The number of aliphatic hydroxyl groups excluding tert-OH is 1. The Morgan fingerprint density at radius 3 is 2.38 bits per heavy atom. The third kappa shape index (κ3) is 6.56. The maximum absolute atomic E-state index is 13.2. The van der Waals surface area contributed by atoms with E-state index in [4.69, 9.17) is 4.98 Å². The van der Waals surface area contributed by atoms with E-state index < -0.39 is 12.6 Å². The number of fused-ring (bicyclic) bond motifs is 1. The lowest BCUT2D eigenvalue weighted by atomic mass is 9.89. The Morgan fingerprint density at radius 2 is 1.73 bits per heavy atom. The Bertz CT molecular complexity index is 1320. The molecule has 0 bridgehead atoms. The number of aliphatic hydroxyl groups is 1. The van der Waals surface area contributed by atoms with Gasteiger partial charge in [0.1, 0.15) is 5.65 Å². The first kappa shape index (κ1) is 28.3. The highest BCUT2D eigenvalue weighted by Crippen LogP contribution is 2.38. The maximum Gasteiger partial charge on any atom is 0.389 e. The van der Waals surface area contributed by atoms with Gasteiger partial charge in [0, 0.05) is 66.8 Å². The molecule has 2 N–H and O–H groups in total. The van der Waals surface area contributed by atoms with Crippen molar-refractivity contribution in [3.8, 4) is 0 Å². The Morgan fingerprint density at radius 1 is 1.05 bits per heavy atom. The molecule has 2 fully saturated rings. The number of carbonyl (C=O) groups is 1. The van der Waals surface area contributed by atoms with Crippen molar-refractivity contribution in [2.24, 2.45) is 0 Å². The molecule has 0 spiro atoms. The van der Waals surface area contributed by atoms with E-state index in [-0.39, 0.29) is 36.9 Å². The number of nitrogens with one attached hydrogen (secondary N) is 1. The highest BCUT2D eigenvalue weighted by Gasteiger charge is 2.30. The molecular formula is C29H37F3N6O2. The van der Waals surface area contributed by atoms with Gasteiger partial charge in [-0.1, -0.05) is 0 Å². The van der Waals surface area contributed by atoms with Crippen molar-refractivity contribution in [3.63, 3.8) is 0 Å². The minimum atomic E-state index is -4.18. The van der Waals surface area contributed by atoms with Crippen LogP contribution in [0.25, 0.3) is 11.0 Å². The number of alkyl halides is 3. The van der Waals surface area contributed by atoms with Crippen LogP contribution in [-0.4, -0.2) is 67.3 Å². The summed E-state index contributed by atoms with van der Waals surface area (Å²) in [5.74, 6) is 0.580. The zero-order valence-electron chi connectivity index (χ0n) is 23.0. The topological polar surface area (TPSA) is 96.2 Å². The summed E-state index contributed by atoms with van der Waals surface area (Å²) in [7, 11) is 0. The molecule has 1 aliphatic carbocycles. The third-order valence-corrected chi connectivity index (χ3v) is 8.13. The van der Waals surface area contributed by atoms with Crippen LogP contribution in [0.5, 0.6) is 0 Å². The van der Waals surface area contributed by atoms with E-state index in [2.05, 4.69) is 26.0 Å². The Hall–Kier alpha value is -3.21. The lowest BCUT2D eigenvalue weighted by Crippen LogP contribution is -2.38. The molecular weight excluding hydrogens is 521 g/mol. The second-order valence-electron chi connectivity index (χ2n) is 11.2. The fourth-order valence-corrected chi connectivity index (χ4v) is 6.10. The Labute approximate surface area is 232 Å². The summed E-state index contributed by atoms with van der Waals surface area (Å²) in [6.07, 6.45) is 3.31. The molecule has 3 aromatic heterocycles. The monoisotopic (exact) mass is 558 g/mol. The quantitative estimate of drug-likeness (QED) is 0.362. The first-order valence-electron chi connectivity index (χ1n) is 14.2. The number of aryl methyl sites for hydroxylation is 2. The first-order chi connectivity index (χ1) is 19.1. The van der Waals surface area contributed by atoms with E-state index in [1.54, 1.807) is 6.20 Å². The summed E-state index contributed by atoms with van der Waals surface area (Å²) in [6, 6.07) is 3.86. The second kappa shape index (κ2) is 11.7. The normalized spacial score (nSPS) is 20.7. The zero-order chi connectivity index (χ0) is 28.4. The number of piperidine rings is 1. The van der Waals surface area contributed by atoms with Crippen LogP contribution >= 0.6 is 0 Å². The molecule has 3 aromatic rings. The average molecular weight is 559 g/mol. The van der Waals surface area contributed by atoms with Gasteiger partial charge in [-0.05, 0) is 82.4 Å². The van der Waals surface area contributed by atoms with E-state index in [9.17, 15) is 23.1 Å². The molecule has 11 heteroatoms. The van der Waals surface area contributed by atoms with Crippen LogP contribution in [0.2, 0.25) is 0 Å². The van der Waals surface area contributed by atoms with Crippen molar-refractivity contribution < 1.29 is 23.1 Å². The minimum Gasteiger partial charge on any atom is -0.393 e. The predicted octanol–water partition coefficient (Wildman–Crippen LogP) is 5.69. The third-order valence-electron chi connectivity index (χ3n) is 8.13. The fourth-order valence-electron chi connectivity index (χ4n) is 6.10. The van der Waals surface area contributed by atoms with Gasteiger partial charge in [0.2, 0.25) is 5.95 Å². The molecule has 1 saturated carbocycles. The number of hydrogen-bond donors (Lipinski definition) is 2. The van der Waals surface area contributed by atoms with Crippen LogP contribution in [0.15, 0.2) is 24.5 Å². The second-order valence-corrected chi connectivity index (χ2v) is 11.2. The Balaban J connectivity index is 1.34. The summed E-state index contributed by atoms with van der Waals surface area (Å²) in [4.78, 5) is 28.6. The number of hydrogen-bond acceptors (Lipinski definition) is 6. The summed E-state index contributed by atoms with van der Waals surface area (Å²) in [5, 5.41) is 13.9. The highest BCUT2D eigenvalue weighted by atomic mass is 19.4. The van der Waals surface area contributed by atoms with E-state index in [0.29, 0.717) is 24.6 Å². The molecule has 1 aliphatic heterocycles. The fraction of sp³-hybridized carbons (Fsp3) is 0.586. The van der Waals surface area contributed by atoms with Gasteiger partial charge in [0.15, 0.2) is 0 Å². The number of rotatable bonds is 7. The number of halogens is 3. The number of carbonyl (C=O) groups excluding carboxylic acids is 1. The number of likely N-dealkylation sites (tertiary alicyclic amines) is 1. The molecule has 0 atom stereocenters. The van der Waals surface area contributed by atoms with Crippen LogP contribution in [0.4, 0.5) is 19.1 Å². The molecule has 1 amide bonds. The van der Waals surface area contributed by atoms with Gasteiger partial charge >= 0.3 is 6.18 Å². The molecule has 1 saturated heterocycles. The SMILES string of the molecule is Cc1cc(C(=O)N2CCC(c3cn(C4CCC(O)CC4)c4nc(NCCCC(F)(F)F)ncc34)CC2)cc(C)n1. The highest BCUT2D eigenvalue weighted by molar-refractivity contribution is 5.94. The van der Waals surface area contributed by atoms with Gasteiger partial charge in [-0.2, -0.15) is 18.2 Å². The largest absolute Gasteiger partial charge is 0.393 e. The van der Waals surface area contributed by atoms with E-state index in [1.807, 2.05) is 30.9 Å². The van der Waals surface area contributed by atoms with Gasteiger partial charge in [0.05, 0.1) is 6.10 Å². The van der Waals surface area contributed by atoms with Crippen LogP contribution in [0, 0.1) is 13.8 Å². The number of nitrogens with zero attached hydrogens (tertiary/aromatic N) is 5. The Kier molecular flexibility index (Phi) is 8.30. The predicted molar refractivity (Wildman–Crippen MR) is 146 cm³/mol. The lowest BCUT2D eigenvalue weighted by Gasteiger charge is -2.32. The molecule has 5 rings (SSSR count). The standard InChI is InChI=1S/C29H37F3N6O2/c1-18-14-21(15-19(2)35-18)27(40)37-12-8-20(9-13-37)25-17-38(22-4-6-23(39)7-5-22)26-24(25)16-34-28(36-26)33-11-3-10-29(30,31)32/h14-17,20,22-23,39H,3-13H2,1-2H3,(H,33,34,36). The van der Waals surface area contributed by atoms with Crippen molar-refractivity contribution in [2.75, 3.05) is 25.0 Å². The zero-order valence-corrected chi connectivity index (χ0v) is 23.0. The average Bonchev–Trinajstić information content (AvgIpc) is 3.29. The molecule has 0 aromatic carbocycles. The first-order valence-corrected chi connectivity index (χ1v) is 14.2. The van der Waals surface area contributed by atoms with Crippen LogP contribution in [-0.2, 0) is 0 Å². The van der Waals surface area contributed by atoms with Crippen molar-refractivity contribution in [2.45, 2.75) is 89.5 Å². The summed E-state index contributed by atoms with van der Waals surface area (Å²) in [6.45, 7) is 5.21. The van der Waals surface area contributed by atoms with Crippen molar-refractivity contribution >= 4 is 22.9 Å². The summed E-state index contributed by atoms with van der Waals surface area (Å²) in [5.41, 5.74) is 4.24. The molecule has 0 radical (unpaired) electrons. The van der Waals surface area contributed by atoms with E-state index in [1.165, 1.54) is 0 Å². The molecule has 216 valence electrons. The molecule has 4 heterocycles. The molecule has 8 nitrogen and oxygen atoms in total. The minimum absolute atomic E-state index is 0.0276. The van der Waals surface area contributed by atoms with Gasteiger partial charge in [-0.15, -0.1) is 0 Å². The van der Waals surface area contributed by atoms with Crippen LogP contribution < -0.4 is 5.32 Å². The van der Waals surface area contributed by atoms with E-state index >= 15 is 0 Å². The van der Waals surface area contributed by atoms with Crippen molar-refractivity contribution in [1.29, 1.82) is 0 Å². The van der Waals surface area contributed by atoms with Crippen LogP contribution in [0.3, 0.4) is 0 Å². The van der Waals surface area contributed by atoms with Crippen molar-refractivity contribution in [3.05, 3.63) is 47.0 Å². The number of anilines is 1. The van der Waals surface area contributed by atoms with Gasteiger partial charge in [-0.25, -0.2) is 4.98 Å². The molecule has 40 heavy (non-hydrogen) atoms. The van der Waals surface area contributed by atoms with Crippen molar-refractivity contribution in [1.82, 2.24) is 24.4 Å². The van der Waals surface area contributed by atoms with E-state index in [0.717, 1.165) is 66.5 Å². The molecule has 0 unspecified atom stereocenters.